The molecule has 0 saturated heterocycles. The number of aromatic nitrogens is 3. The standard InChI is InChI=1S/C14H21N5S/c1-4-6-16-12-8-15-9-13(19-12)18-10(3)14-17-7-11(5-2)20-14/h7-10H,4-6H2,1-3H3,(H2,16,18,19). The second kappa shape index (κ2) is 7.19. The molecule has 1 unspecified atom stereocenters. The van der Waals surface area contributed by atoms with E-state index < -0.39 is 0 Å². The van der Waals surface area contributed by atoms with E-state index in [-0.39, 0.29) is 6.04 Å². The average molecular weight is 291 g/mol. The molecule has 2 rings (SSSR count). The van der Waals surface area contributed by atoms with Crippen molar-refractivity contribution in [3.63, 3.8) is 0 Å². The molecule has 5 nitrogen and oxygen atoms in total. The Kier molecular flexibility index (Phi) is 5.29. The van der Waals surface area contributed by atoms with Crippen molar-refractivity contribution in [3.8, 4) is 0 Å². The van der Waals surface area contributed by atoms with E-state index in [0.29, 0.717) is 0 Å². The molecule has 0 amide bonds. The minimum atomic E-state index is 0.135. The molecule has 0 aromatic carbocycles. The van der Waals surface area contributed by atoms with Crippen molar-refractivity contribution < 1.29 is 0 Å². The Balaban J connectivity index is 2.01. The maximum absolute atomic E-state index is 4.49. The lowest BCUT2D eigenvalue weighted by Gasteiger charge is -2.12. The fraction of sp³-hybridized carbons (Fsp3) is 0.500. The zero-order valence-corrected chi connectivity index (χ0v) is 13.0. The minimum absolute atomic E-state index is 0.135. The van der Waals surface area contributed by atoms with Gasteiger partial charge in [-0.2, -0.15) is 0 Å². The molecule has 2 heterocycles. The van der Waals surface area contributed by atoms with Crippen LogP contribution in [0.15, 0.2) is 18.6 Å². The first kappa shape index (κ1) is 14.7. The topological polar surface area (TPSA) is 62.7 Å². The van der Waals surface area contributed by atoms with Crippen LogP contribution in [0.1, 0.15) is 43.1 Å². The van der Waals surface area contributed by atoms with Gasteiger partial charge in [-0.1, -0.05) is 13.8 Å². The summed E-state index contributed by atoms with van der Waals surface area (Å²) in [4.78, 5) is 14.4. The highest BCUT2D eigenvalue weighted by Gasteiger charge is 2.11. The summed E-state index contributed by atoms with van der Waals surface area (Å²) in [5.41, 5.74) is 0. The van der Waals surface area contributed by atoms with Crippen molar-refractivity contribution in [2.75, 3.05) is 17.2 Å². The summed E-state index contributed by atoms with van der Waals surface area (Å²) in [7, 11) is 0. The van der Waals surface area contributed by atoms with E-state index in [1.54, 1.807) is 23.7 Å². The van der Waals surface area contributed by atoms with Crippen LogP contribution in [0.3, 0.4) is 0 Å². The third-order valence-electron chi connectivity index (χ3n) is 2.85. The van der Waals surface area contributed by atoms with Gasteiger partial charge in [-0.15, -0.1) is 11.3 Å². The maximum atomic E-state index is 4.49. The summed E-state index contributed by atoms with van der Waals surface area (Å²) in [5, 5.41) is 7.66. The second-order valence-corrected chi connectivity index (χ2v) is 5.75. The van der Waals surface area contributed by atoms with Crippen molar-refractivity contribution >= 4 is 23.0 Å². The van der Waals surface area contributed by atoms with Crippen molar-refractivity contribution in [1.29, 1.82) is 0 Å². The maximum Gasteiger partial charge on any atom is 0.147 e. The number of hydrogen-bond acceptors (Lipinski definition) is 6. The smallest absolute Gasteiger partial charge is 0.147 e. The molecule has 2 N–H and O–H groups in total. The number of nitrogens with one attached hydrogen (secondary N) is 2. The van der Waals surface area contributed by atoms with Crippen molar-refractivity contribution in [3.05, 3.63) is 28.5 Å². The Bertz CT molecular complexity index is 540. The van der Waals surface area contributed by atoms with Gasteiger partial charge in [0.2, 0.25) is 0 Å². The van der Waals surface area contributed by atoms with Crippen molar-refractivity contribution in [1.82, 2.24) is 15.0 Å². The van der Waals surface area contributed by atoms with Gasteiger partial charge in [-0.3, -0.25) is 4.98 Å². The third-order valence-corrected chi connectivity index (χ3v) is 4.17. The second-order valence-electron chi connectivity index (χ2n) is 4.60. The summed E-state index contributed by atoms with van der Waals surface area (Å²) in [6.45, 7) is 7.26. The fourth-order valence-corrected chi connectivity index (χ4v) is 2.60. The highest BCUT2D eigenvalue weighted by molar-refractivity contribution is 7.11. The molecule has 0 radical (unpaired) electrons. The van der Waals surface area contributed by atoms with Gasteiger partial charge in [0.15, 0.2) is 0 Å². The molecular formula is C14H21N5S. The molecule has 0 aliphatic carbocycles. The first-order chi connectivity index (χ1) is 9.72. The van der Waals surface area contributed by atoms with E-state index >= 15 is 0 Å². The lowest BCUT2D eigenvalue weighted by atomic mass is 10.3. The van der Waals surface area contributed by atoms with Crippen LogP contribution in [0.25, 0.3) is 0 Å². The molecule has 6 heteroatoms. The van der Waals surface area contributed by atoms with Crippen LogP contribution in [-0.2, 0) is 6.42 Å². The van der Waals surface area contributed by atoms with Gasteiger partial charge in [-0.05, 0) is 19.8 Å². The van der Waals surface area contributed by atoms with Gasteiger partial charge < -0.3 is 10.6 Å². The third kappa shape index (κ3) is 3.90. The van der Waals surface area contributed by atoms with E-state index in [1.807, 2.05) is 6.20 Å². The predicted molar refractivity (Wildman–Crippen MR) is 84.3 cm³/mol. The van der Waals surface area contributed by atoms with Crippen molar-refractivity contribution in [2.45, 2.75) is 39.7 Å². The summed E-state index contributed by atoms with van der Waals surface area (Å²) < 4.78 is 0. The number of hydrogen-bond donors (Lipinski definition) is 2. The summed E-state index contributed by atoms with van der Waals surface area (Å²) >= 11 is 1.74. The Morgan fingerprint density at radius 3 is 2.70 bits per heavy atom. The number of thiazole rings is 1. The molecule has 1 atom stereocenters. The largest absolute Gasteiger partial charge is 0.369 e. The van der Waals surface area contributed by atoms with Crippen LogP contribution < -0.4 is 10.6 Å². The normalized spacial score (nSPS) is 12.2. The monoisotopic (exact) mass is 291 g/mol. The van der Waals surface area contributed by atoms with Gasteiger partial charge in [0.05, 0.1) is 18.4 Å². The average Bonchev–Trinajstić information content (AvgIpc) is 2.94. The molecule has 20 heavy (non-hydrogen) atoms. The number of rotatable bonds is 7. The quantitative estimate of drug-likeness (QED) is 0.817. The Morgan fingerprint density at radius 1 is 1.20 bits per heavy atom. The van der Waals surface area contributed by atoms with E-state index in [1.165, 1.54) is 4.88 Å². The molecule has 0 fully saturated rings. The minimum Gasteiger partial charge on any atom is -0.369 e. The Morgan fingerprint density at radius 2 is 2.00 bits per heavy atom. The molecule has 108 valence electrons. The van der Waals surface area contributed by atoms with E-state index in [0.717, 1.165) is 36.0 Å². The van der Waals surface area contributed by atoms with Crippen LogP contribution >= 0.6 is 11.3 Å². The molecule has 0 aliphatic heterocycles. The van der Waals surface area contributed by atoms with Crippen LogP contribution in [0.2, 0.25) is 0 Å². The molecule has 0 saturated carbocycles. The Hall–Kier alpha value is -1.69. The van der Waals surface area contributed by atoms with E-state index in [9.17, 15) is 0 Å². The van der Waals surface area contributed by atoms with Crippen LogP contribution in [0, 0.1) is 0 Å². The van der Waals surface area contributed by atoms with Crippen LogP contribution in [0.5, 0.6) is 0 Å². The predicted octanol–water partition coefficient (Wildman–Crippen LogP) is 3.49. The molecule has 2 aromatic rings. The Labute approximate surface area is 123 Å². The zero-order chi connectivity index (χ0) is 14.4. The summed E-state index contributed by atoms with van der Waals surface area (Å²) in [6.07, 6.45) is 7.52. The number of nitrogens with zero attached hydrogens (tertiary/aromatic N) is 3. The molecule has 2 aromatic heterocycles. The lowest BCUT2D eigenvalue weighted by Crippen LogP contribution is -2.09. The van der Waals surface area contributed by atoms with Gasteiger partial charge >= 0.3 is 0 Å². The highest BCUT2D eigenvalue weighted by Crippen LogP contribution is 2.23. The van der Waals surface area contributed by atoms with Crippen molar-refractivity contribution in [2.24, 2.45) is 0 Å². The van der Waals surface area contributed by atoms with E-state index in [4.69, 9.17) is 0 Å². The number of anilines is 2. The van der Waals surface area contributed by atoms with Crippen LogP contribution in [0.4, 0.5) is 11.6 Å². The lowest BCUT2D eigenvalue weighted by molar-refractivity contribution is 0.857. The summed E-state index contributed by atoms with van der Waals surface area (Å²) in [6, 6.07) is 0.135. The fourth-order valence-electron chi connectivity index (χ4n) is 1.74. The van der Waals surface area contributed by atoms with Gasteiger partial charge in [0.1, 0.15) is 16.6 Å². The van der Waals surface area contributed by atoms with E-state index in [2.05, 4.69) is 46.4 Å². The van der Waals surface area contributed by atoms with Gasteiger partial charge in [-0.25, -0.2) is 9.97 Å². The first-order valence-electron chi connectivity index (χ1n) is 7.00. The molecule has 0 aliphatic rings. The van der Waals surface area contributed by atoms with Gasteiger partial charge in [0, 0.05) is 17.6 Å². The molecular weight excluding hydrogens is 270 g/mol. The van der Waals surface area contributed by atoms with Crippen LogP contribution in [-0.4, -0.2) is 21.5 Å². The highest BCUT2D eigenvalue weighted by atomic mass is 32.1. The molecule has 0 spiro atoms. The SMILES string of the molecule is CCCNc1cncc(NC(C)c2ncc(CC)s2)n1. The van der Waals surface area contributed by atoms with Gasteiger partial charge in [0.25, 0.3) is 0 Å². The zero-order valence-electron chi connectivity index (χ0n) is 12.2. The number of aryl methyl sites for hydroxylation is 1. The first-order valence-corrected chi connectivity index (χ1v) is 7.81. The summed E-state index contributed by atoms with van der Waals surface area (Å²) in [5.74, 6) is 1.57. The molecule has 0 bridgehead atoms.